The first-order valence-corrected chi connectivity index (χ1v) is 10.2. The summed E-state index contributed by atoms with van der Waals surface area (Å²) >= 11 is 0. The first kappa shape index (κ1) is 19.3. The highest BCUT2D eigenvalue weighted by Crippen LogP contribution is 2.17. The van der Waals surface area contributed by atoms with E-state index in [1.165, 1.54) is 10.5 Å². The molecule has 0 saturated carbocycles. The van der Waals surface area contributed by atoms with Crippen molar-refractivity contribution in [2.45, 2.75) is 20.0 Å². The van der Waals surface area contributed by atoms with Crippen LogP contribution in [0.15, 0.2) is 54.6 Å². The van der Waals surface area contributed by atoms with Crippen LogP contribution in [0.25, 0.3) is 0 Å². The number of benzene rings is 2. The van der Waals surface area contributed by atoms with Crippen LogP contribution < -0.4 is 20.9 Å². The monoisotopic (exact) mass is 391 g/mol. The van der Waals surface area contributed by atoms with Crippen molar-refractivity contribution in [1.82, 2.24) is 15.0 Å². The van der Waals surface area contributed by atoms with Gasteiger partial charge in [-0.3, -0.25) is 0 Å². The van der Waals surface area contributed by atoms with Crippen molar-refractivity contribution in [2.24, 2.45) is 0 Å². The standard InChI is InChI=1S/C22H27N7/c1-17-7-5-6-10-19(17)24-22-26-20(25-21(23)27-22)16-29-13-11-28(12-14-29)15-18-8-3-2-4-9-18/h2-10H,11-16H2,1H3,(H3,23,24,25,26,27)/p+2. The van der Waals surface area contributed by atoms with Gasteiger partial charge in [0, 0.05) is 11.3 Å². The fraction of sp³-hybridized carbons (Fsp3) is 0.318. The van der Waals surface area contributed by atoms with E-state index in [9.17, 15) is 0 Å². The van der Waals surface area contributed by atoms with Crippen LogP contribution in [0.5, 0.6) is 0 Å². The Hall–Kier alpha value is -3.03. The third-order valence-electron chi connectivity index (χ3n) is 5.46. The lowest BCUT2D eigenvalue weighted by Crippen LogP contribution is -3.27. The van der Waals surface area contributed by atoms with Gasteiger partial charge in [0.2, 0.25) is 11.9 Å². The molecule has 1 aromatic heterocycles. The minimum absolute atomic E-state index is 0.263. The van der Waals surface area contributed by atoms with Crippen LogP contribution in [0.2, 0.25) is 0 Å². The van der Waals surface area contributed by atoms with Gasteiger partial charge in [-0.2, -0.15) is 15.0 Å². The fourth-order valence-electron chi connectivity index (χ4n) is 3.83. The van der Waals surface area contributed by atoms with Crippen molar-refractivity contribution in [1.29, 1.82) is 0 Å². The minimum atomic E-state index is 0.263. The second kappa shape index (κ2) is 8.98. The highest BCUT2D eigenvalue weighted by molar-refractivity contribution is 5.58. The van der Waals surface area contributed by atoms with Crippen LogP contribution in [-0.4, -0.2) is 41.1 Å². The van der Waals surface area contributed by atoms with Crippen molar-refractivity contribution in [3.63, 3.8) is 0 Å². The maximum atomic E-state index is 5.95. The Bertz CT molecular complexity index is 937. The topological polar surface area (TPSA) is 85.6 Å². The summed E-state index contributed by atoms with van der Waals surface area (Å²) in [6, 6.07) is 18.8. The van der Waals surface area contributed by atoms with Gasteiger partial charge in [-0.1, -0.05) is 48.5 Å². The Morgan fingerprint density at radius 1 is 0.828 bits per heavy atom. The number of nitrogens with one attached hydrogen (secondary N) is 3. The molecule has 7 nitrogen and oxygen atoms in total. The molecular weight excluding hydrogens is 362 g/mol. The lowest BCUT2D eigenvalue weighted by molar-refractivity contribution is -1.02. The quantitative estimate of drug-likeness (QED) is 0.475. The third-order valence-corrected chi connectivity index (χ3v) is 5.46. The molecule has 0 radical (unpaired) electrons. The van der Waals surface area contributed by atoms with E-state index in [0.29, 0.717) is 5.95 Å². The number of nitrogens with zero attached hydrogens (tertiary/aromatic N) is 3. The van der Waals surface area contributed by atoms with Crippen LogP contribution in [0.1, 0.15) is 17.0 Å². The van der Waals surface area contributed by atoms with Gasteiger partial charge < -0.3 is 20.9 Å². The Balaban J connectivity index is 1.35. The van der Waals surface area contributed by atoms with Crippen molar-refractivity contribution < 1.29 is 9.80 Å². The zero-order chi connectivity index (χ0) is 20.1. The van der Waals surface area contributed by atoms with Crippen LogP contribution in [0, 0.1) is 6.92 Å². The Labute approximate surface area is 171 Å². The predicted molar refractivity (Wildman–Crippen MR) is 114 cm³/mol. The van der Waals surface area contributed by atoms with Crippen molar-refractivity contribution in [2.75, 3.05) is 37.2 Å². The summed E-state index contributed by atoms with van der Waals surface area (Å²) < 4.78 is 0. The van der Waals surface area contributed by atoms with Gasteiger partial charge in [0.1, 0.15) is 39.3 Å². The Kier molecular flexibility index (Phi) is 5.97. The summed E-state index contributed by atoms with van der Waals surface area (Å²) in [6.07, 6.45) is 0. The van der Waals surface area contributed by atoms with E-state index in [-0.39, 0.29) is 5.95 Å². The summed E-state index contributed by atoms with van der Waals surface area (Å²) in [4.78, 5) is 16.4. The van der Waals surface area contributed by atoms with Crippen LogP contribution in [0.4, 0.5) is 17.6 Å². The van der Waals surface area contributed by atoms with Gasteiger partial charge in [-0.25, -0.2) is 0 Å². The summed E-state index contributed by atoms with van der Waals surface area (Å²) in [7, 11) is 0. The van der Waals surface area contributed by atoms with E-state index in [2.05, 4.69) is 63.6 Å². The molecule has 29 heavy (non-hydrogen) atoms. The van der Waals surface area contributed by atoms with Gasteiger partial charge in [-0.15, -0.1) is 0 Å². The Morgan fingerprint density at radius 3 is 2.21 bits per heavy atom. The van der Waals surface area contributed by atoms with Gasteiger partial charge >= 0.3 is 0 Å². The number of hydrogen-bond acceptors (Lipinski definition) is 5. The number of aryl methyl sites for hydroxylation is 1. The highest BCUT2D eigenvalue weighted by atomic mass is 15.3. The number of quaternary nitrogens is 2. The molecular formula is C22H29N7+2. The van der Waals surface area contributed by atoms with Crippen LogP contribution in [0.3, 0.4) is 0 Å². The lowest BCUT2D eigenvalue weighted by Gasteiger charge is -2.29. The molecule has 0 unspecified atom stereocenters. The molecule has 2 heterocycles. The van der Waals surface area contributed by atoms with Crippen LogP contribution >= 0.6 is 0 Å². The third kappa shape index (κ3) is 5.28. The number of nitrogens with two attached hydrogens (primary N) is 1. The molecule has 0 spiro atoms. The predicted octanol–water partition coefficient (Wildman–Crippen LogP) is -0.0106. The molecule has 0 atom stereocenters. The van der Waals surface area contributed by atoms with Gasteiger partial charge in [0.25, 0.3) is 0 Å². The molecule has 0 bridgehead atoms. The number of hydrogen-bond donors (Lipinski definition) is 4. The minimum Gasteiger partial charge on any atom is -0.368 e. The molecule has 3 aromatic rings. The summed E-state index contributed by atoms with van der Waals surface area (Å²) in [5, 5.41) is 3.27. The van der Waals surface area contributed by atoms with Gasteiger partial charge in [-0.05, 0) is 18.6 Å². The largest absolute Gasteiger partial charge is 0.368 e. The smallest absolute Gasteiger partial charge is 0.232 e. The number of rotatable bonds is 6. The maximum Gasteiger partial charge on any atom is 0.232 e. The zero-order valence-electron chi connectivity index (χ0n) is 16.9. The van der Waals surface area contributed by atoms with Crippen molar-refractivity contribution in [3.8, 4) is 0 Å². The fourth-order valence-corrected chi connectivity index (χ4v) is 3.83. The number of para-hydroxylation sites is 1. The molecule has 1 aliphatic heterocycles. The maximum absolute atomic E-state index is 5.95. The molecule has 150 valence electrons. The molecule has 4 rings (SSSR count). The van der Waals surface area contributed by atoms with E-state index in [4.69, 9.17) is 5.73 Å². The second-order valence-corrected chi connectivity index (χ2v) is 7.71. The van der Waals surface area contributed by atoms with E-state index >= 15 is 0 Å². The highest BCUT2D eigenvalue weighted by Gasteiger charge is 2.24. The lowest BCUT2D eigenvalue weighted by atomic mass is 10.2. The number of piperazine rings is 1. The molecule has 1 aliphatic rings. The molecule has 1 fully saturated rings. The molecule has 7 heteroatoms. The van der Waals surface area contributed by atoms with Crippen molar-refractivity contribution >= 4 is 17.6 Å². The molecule has 5 N–H and O–H groups in total. The number of aromatic nitrogens is 3. The van der Waals surface area contributed by atoms with E-state index in [1.807, 2.05) is 18.2 Å². The van der Waals surface area contributed by atoms with E-state index in [1.54, 1.807) is 4.90 Å². The average molecular weight is 392 g/mol. The summed E-state index contributed by atoms with van der Waals surface area (Å²) in [6.45, 7) is 8.43. The Morgan fingerprint density at radius 2 is 1.48 bits per heavy atom. The van der Waals surface area contributed by atoms with Crippen LogP contribution in [-0.2, 0) is 13.1 Å². The first-order chi connectivity index (χ1) is 14.2. The first-order valence-electron chi connectivity index (χ1n) is 10.2. The van der Waals surface area contributed by atoms with E-state index in [0.717, 1.165) is 56.3 Å². The molecule has 2 aromatic carbocycles. The van der Waals surface area contributed by atoms with Crippen molar-refractivity contribution in [3.05, 3.63) is 71.5 Å². The molecule has 1 saturated heterocycles. The van der Waals surface area contributed by atoms with Gasteiger partial charge in [0.15, 0.2) is 5.82 Å². The van der Waals surface area contributed by atoms with Gasteiger partial charge in [0.05, 0.1) is 0 Å². The second-order valence-electron chi connectivity index (χ2n) is 7.71. The van der Waals surface area contributed by atoms with E-state index < -0.39 is 0 Å². The zero-order valence-corrected chi connectivity index (χ0v) is 16.9. The number of nitrogen functional groups attached to an aromatic ring is 1. The summed E-state index contributed by atoms with van der Waals surface area (Å²) in [5.41, 5.74) is 9.47. The number of anilines is 3. The normalized spacial score (nSPS) is 19.1. The molecule has 0 amide bonds. The SMILES string of the molecule is Cc1ccccc1Nc1nc(N)nc(C[NH+]2CC[NH+](Cc3ccccc3)CC2)n1. The molecule has 0 aliphatic carbocycles. The summed E-state index contributed by atoms with van der Waals surface area (Å²) in [5.74, 6) is 1.52. The average Bonchev–Trinajstić information content (AvgIpc) is 2.72.